The summed E-state index contributed by atoms with van der Waals surface area (Å²) in [5.41, 5.74) is 0.369. The van der Waals surface area contributed by atoms with Crippen LogP contribution in [-0.2, 0) is 11.2 Å². The summed E-state index contributed by atoms with van der Waals surface area (Å²) < 4.78 is 0. The number of aliphatic hydroxyl groups excluding tert-OH is 1. The molecule has 1 aliphatic carbocycles. The van der Waals surface area contributed by atoms with E-state index in [4.69, 9.17) is 0 Å². The highest BCUT2D eigenvalue weighted by molar-refractivity contribution is 5.80. The molecule has 1 fully saturated rings. The van der Waals surface area contributed by atoms with Crippen molar-refractivity contribution in [3.63, 3.8) is 0 Å². The molecule has 1 aromatic carbocycles. The van der Waals surface area contributed by atoms with Gasteiger partial charge in [-0.25, -0.2) is 0 Å². The molecule has 2 atom stereocenters. The van der Waals surface area contributed by atoms with E-state index in [9.17, 15) is 20.0 Å². The summed E-state index contributed by atoms with van der Waals surface area (Å²) in [6, 6.07) is 6.08. The number of para-hydroxylation sites is 1. The van der Waals surface area contributed by atoms with E-state index in [0.717, 1.165) is 19.3 Å². The van der Waals surface area contributed by atoms with E-state index in [0.29, 0.717) is 12.0 Å². The summed E-state index contributed by atoms with van der Waals surface area (Å²) in [6.45, 7) is 0. The molecular weight excluding hydrogens is 272 g/mol. The van der Waals surface area contributed by atoms with E-state index < -0.39 is 11.0 Å². The summed E-state index contributed by atoms with van der Waals surface area (Å²) >= 11 is 0. The molecule has 2 rings (SSSR count). The number of aliphatic hydroxyl groups is 1. The van der Waals surface area contributed by atoms with E-state index in [2.05, 4.69) is 0 Å². The van der Waals surface area contributed by atoms with Gasteiger partial charge in [0.05, 0.1) is 23.5 Å². The highest BCUT2D eigenvalue weighted by Crippen LogP contribution is 2.24. The Morgan fingerprint density at radius 1 is 1.38 bits per heavy atom. The molecule has 0 spiro atoms. The van der Waals surface area contributed by atoms with Gasteiger partial charge in [-0.1, -0.05) is 31.0 Å². The molecule has 1 saturated carbocycles. The molecule has 6 nitrogen and oxygen atoms in total. The highest BCUT2D eigenvalue weighted by atomic mass is 16.6. The van der Waals surface area contributed by atoms with Crippen LogP contribution in [0.5, 0.6) is 0 Å². The van der Waals surface area contributed by atoms with Crippen LogP contribution in [0.1, 0.15) is 31.2 Å². The summed E-state index contributed by atoms with van der Waals surface area (Å²) in [5.74, 6) is -0.199. The third-order valence-electron chi connectivity index (χ3n) is 4.11. The number of carbonyl (C=O) groups excluding carboxylic acids is 1. The van der Waals surface area contributed by atoms with Crippen molar-refractivity contribution in [3.05, 3.63) is 39.9 Å². The zero-order valence-electron chi connectivity index (χ0n) is 12.1. The van der Waals surface area contributed by atoms with Crippen LogP contribution in [0.15, 0.2) is 24.3 Å². The topological polar surface area (TPSA) is 83.7 Å². The second-order valence-electron chi connectivity index (χ2n) is 5.49. The molecule has 0 bridgehead atoms. The van der Waals surface area contributed by atoms with Crippen LogP contribution in [0.25, 0.3) is 0 Å². The number of nitrogens with zero attached hydrogens (tertiary/aromatic N) is 2. The van der Waals surface area contributed by atoms with Gasteiger partial charge in [0, 0.05) is 18.7 Å². The van der Waals surface area contributed by atoms with Gasteiger partial charge >= 0.3 is 0 Å². The number of nitro benzene ring substituents is 1. The van der Waals surface area contributed by atoms with Gasteiger partial charge in [-0.2, -0.15) is 0 Å². The van der Waals surface area contributed by atoms with E-state index in [1.54, 1.807) is 30.1 Å². The van der Waals surface area contributed by atoms with Crippen LogP contribution in [0.2, 0.25) is 0 Å². The summed E-state index contributed by atoms with van der Waals surface area (Å²) in [7, 11) is 1.66. The van der Waals surface area contributed by atoms with Crippen molar-refractivity contribution in [1.82, 2.24) is 4.90 Å². The van der Waals surface area contributed by atoms with Gasteiger partial charge in [0.2, 0.25) is 5.91 Å². The van der Waals surface area contributed by atoms with Crippen LogP contribution >= 0.6 is 0 Å². The zero-order chi connectivity index (χ0) is 15.4. The Morgan fingerprint density at radius 3 is 2.71 bits per heavy atom. The van der Waals surface area contributed by atoms with Crippen molar-refractivity contribution in [3.8, 4) is 0 Å². The first-order valence-electron chi connectivity index (χ1n) is 7.16. The monoisotopic (exact) mass is 292 g/mol. The number of hydrogen-bond acceptors (Lipinski definition) is 4. The lowest BCUT2D eigenvalue weighted by atomic mass is 9.91. The molecular formula is C15H20N2O4. The van der Waals surface area contributed by atoms with Gasteiger partial charge in [-0.3, -0.25) is 14.9 Å². The predicted molar refractivity (Wildman–Crippen MR) is 77.8 cm³/mol. The number of nitro groups is 1. The molecule has 1 aromatic rings. The van der Waals surface area contributed by atoms with E-state index in [1.165, 1.54) is 6.07 Å². The predicted octanol–water partition coefficient (Wildman–Crippen LogP) is 1.90. The third kappa shape index (κ3) is 3.58. The molecule has 21 heavy (non-hydrogen) atoms. The van der Waals surface area contributed by atoms with E-state index in [1.807, 2.05) is 0 Å². The lowest BCUT2D eigenvalue weighted by Gasteiger charge is -2.35. The molecule has 1 amide bonds. The standard InChI is InChI=1S/C15H20N2O4/c1-16(13-8-4-5-9-14(13)18)15(19)10-11-6-2-3-7-12(11)17(20)21/h2-3,6-7,13-14,18H,4-5,8-10H2,1H3. The quantitative estimate of drug-likeness (QED) is 0.678. The van der Waals surface area contributed by atoms with Crippen LogP contribution < -0.4 is 0 Å². The number of benzene rings is 1. The van der Waals surface area contributed by atoms with Crippen molar-refractivity contribution in [2.75, 3.05) is 7.05 Å². The lowest BCUT2D eigenvalue weighted by Crippen LogP contribution is -2.46. The molecule has 1 N–H and O–H groups in total. The second kappa shape index (κ2) is 6.67. The maximum absolute atomic E-state index is 12.3. The first kappa shape index (κ1) is 15.4. The third-order valence-corrected chi connectivity index (χ3v) is 4.11. The maximum Gasteiger partial charge on any atom is 0.273 e. The molecule has 0 saturated heterocycles. The number of amides is 1. The lowest BCUT2D eigenvalue weighted by molar-refractivity contribution is -0.385. The van der Waals surface area contributed by atoms with Gasteiger partial charge in [0.15, 0.2) is 0 Å². The fraction of sp³-hybridized carbons (Fsp3) is 0.533. The van der Waals surface area contributed by atoms with Gasteiger partial charge in [-0.05, 0) is 12.8 Å². The van der Waals surface area contributed by atoms with Gasteiger partial charge < -0.3 is 10.0 Å². The highest BCUT2D eigenvalue weighted by Gasteiger charge is 2.30. The van der Waals surface area contributed by atoms with Crippen molar-refractivity contribution in [2.24, 2.45) is 0 Å². The molecule has 1 aliphatic rings. The van der Waals surface area contributed by atoms with E-state index in [-0.39, 0.29) is 24.1 Å². The molecule has 0 aromatic heterocycles. The van der Waals surface area contributed by atoms with Crippen LogP contribution in [0, 0.1) is 10.1 Å². The Labute approximate surface area is 123 Å². The summed E-state index contributed by atoms with van der Waals surface area (Å²) in [5, 5.41) is 21.0. The minimum atomic E-state index is -0.501. The molecule has 6 heteroatoms. The fourth-order valence-electron chi connectivity index (χ4n) is 2.85. The Balaban J connectivity index is 2.09. The molecule has 0 aliphatic heterocycles. The average molecular weight is 292 g/mol. The summed E-state index contributed by atoms with van der Waals surface area (Å²) in [6.07, 6.45) is 2.93. The first-order chi connectivity index (χ1) is 10.0. The van der Waals surface area contributed by atoms with Crippen molar-refractivity contribution in [1.29, 1.82) is 0 Å². The first-order valence-corrected chi connectivity index (χ1v) is 7.16. The number of carbonyl (C=O) groups is 1. The normalized spacial score (nSPS) is 21.8. The molecule has 0 radical (unpaired) electrons. The van der Waals surface area contributed by atoms with Gasteiger partial charge in [-0.15, -0.1) is 0 Å². The van der Waals surface area contributed by atoms with Crippen LogP contribution in [-0.4, -0.2) is 40.0 Å². The minimum absolute atomic E-state index is 0.0170. The SMILES string of the molecule is CN(C(=O)Cc1ccccc1[N+](=O)[O-])C1CCCCC1O. The second-order valence-corrected chi connectivity index (χ2v) is 5.49. The Morgan fingerprint density at radius 2 is 2.05 bits per heavy atom. The Bertz CT molecular complexity index is 532. The average Bonchev–Trinajstić information content (AvgIpc) is 2.47. The van der Waals surface area contributed by atoms with Crippen molar-refractivity contribution in [2.45, 2.75) is 44.2 Å². The largest absolute Gasteiger partial charge is 0.391 e. The zero-order valence-corrected chi connectivity index (χ0v) is 12.1. The smallest absolute Gasteiger partial charge is 0.273 e. The summed E-state index contributed by atoms with van der Waals surface area (Å²) in [4.78, 5) is 24.4. The van der Waals surface area contributed by atoms with Gasteiger partial charge in [0.25, 0.3) is 5.69 Å². The van der Waals surface area contributed by atoms with Crippen LogP contribution in [0.4, 0.5) is 5.69 Å². The fourth-order valence-corrected chi connectivity index (χ4v) is 2.85. The van der Waals surface area contributed by atoms with E-state index >= 15 is 0 Å². The molecule has 0 heterocycles. The minimum Gasteiger partial charge on any atom is -0.391 e. The Hall–Kier alpha value is -1.95. The van der Waals surface area contributed by atoms with Crippen molar-refractivity contribution < 1.29 is 14.8 Å². The Kier molecular flexibility index (Phi) is 4.90. The molecule has 114 valence electrons. The maximum atomic E-state index is 12.3. The molecule has 2 unspecified atom stereocenters. The number of rotatable bonds is 4. The van der Waals surface area contributed by atoms with Gasteiger partial charge in [0.1, 0.15) is 0 Å². The number of likely N-dealkylation sites (N-methyl/N-ethyl adjacent to an activating group) is 1. The number of hydrogen-bond donors (Lipinski definition) is 1. The van der Waals surface area contributed by atoms with Crippen LogP contribution in [0.3, 0.4) is 0 Å². The van der Waals surface area contributed by atoms with Crippen molar-refractivity contribution >= 4 is 11.6 Å².